The molecule has 0 fully saturated rings. The number of unbranched alkanes of at least 4 members (excludes halogenated alkanes) is 1. The lowest BCUT2D eigenvalue weighted by atomic mass is 10.1. The number of aromatic nitrogens is 2. The van der Waals surface area contributed by atoms with E-state index in [0.29, 0.717) is 23.7 Å². The highest BCUT2D eigenvalue weighted by molar-refractivity contribution is 5.81. The molecular weight excluding hydrogens is 322 g/mol. The van der Waals surface area contributed by atoms with Gasteiger partial charge in [-0.25, -0.2) is 4.98 Å². The number of hydrogen-bond donors (Lipinski definition) is 1. The smallest absolute Gasteiger partial charge is 0.261 e. The molecular formula is C18H22N3O4-. The minimum atomic E-state index is -1.15. The highest BCUT2D eigenvalue weighted by Crippen LogP contribution is 2.15. The third kappa shape index (κ3) is 4.89. The first-order valence-electron chi connectivity index (χ1n) is 8.48. The molecule has 1 aromatic carbocycles. The molecule has 0 saturated heterocycles. The first-order valence-corrected chi connectivity index (χ1v) is 8.48. The van der Waals surface area contributed by atoms with Gasteiger partial charge in [0.05, 0.1) is 17.2 Å². The Balaban J connectivity index is 2.21. The molecule has 0 aliphatic rings. The molecule has 1 amide bonds. The lowest BCUT2D eigenvalue weighted by molar-refractivity contribution is -0.305. The SMILES string of the molecule is CCCC[C@@H](C(=O)NCCCC(=O)[O-])n1cnc2ccccc2c1=O. The van der Waals surface area contributed by atoms with Gasteiger partial charge >= 0.3 is 0 Å². The largest absolute Gasteiger partial charge is 0.550 e. The number of aliphatic carboxylic acids is 1. The highest BCUT2D eigenvalue weighted by atomic mass is 16.4. The van der Waals surface area contributed by atoms with Crippen molar-refractivity contribution in [2.45, 2.75) is 45.1 Å². The fourth-order valence-electron chi connectivity index (χ4n) is 2.66. The summed E-state index contributed by atoms with van der Waals surface area (Å²) in [4.78, 5) is 39.9. The van der Waals surface area contributed by atoms with E-state index in [-0.39, 0.29) is 24.4 Å². The Morgan fingerprint density at radius 2 is 2.04 bits per heavy atom. The molecule has 0 radical (unpaired) electrons. The summed E-state index contributed by atoms with van der Waals surface area (Å²) in [5.74, 6) is -1.45. The van der Waals surface area contributed by atoms with E-state index < -0.39 is 12.0 Å². The number of benzene rings is 1. The molecule has 7 heteroatoms. The van der Waals surface area contributed by atoms with E-state index in [9.17, 15) is 19.5 Å². The van der Waals surface area contributed by atoms with Crippen LogP contribution < -0.4 is 16.0 Å². The van der Waals surface area contributed by atoms with Gasteiger partial charge in [-0.1, -0.05) is 31.9 Å². The van der Waals surface area contributed by atoms with Gasteiger partial charge in [0.1, 0.15) is 6.04 Å². The Labute approximate surface area is 145 Å². The second kappa shape index (κ2) is 8.96. The summed E-state index contributed by atoms with van der Waals surface area (Å²) in [6.07, 6.45) is 3.78. The second-order valence-electron chi connectivity index (χ2n) is 5.90. The summed E-state index contributed by atoms with van der Waals surface area (Å²) in [5, 5.41) is 13.6. The van der Waals surface area contributed by atoms with Crippen molar-refractivity contribution in [3.63, 3.8) is 0 Å². The summed E-state index contributed by atoms with van der Waals surface area (Å²) in [5.41, 5.74) is 0.337. The maximum Gasteiger partial charge on any atom is 0.261 e. The van der Waals surface area contributed by atoms with Crippen molar-refractivity contribution in [1.29, 1.82) is 0 Å². The number of carboxylic acids is 1. The lowest BCUT2D eigenvalue weighted by Gasteiger charge is -2.19. The van der Waals surface area contributed by atoms with Crippen LogP contribution in [0.25, 0.3) is 10.9 Å². The van der Waals surface area contributed by atoms with E-state index >= 15 is 0 Å². The second-order valence-corrected chi connectivity index (χ2v) is 5.90. The first kappa shape index (κ1) is 18.6. The number of carboxylic acid groups (broad SMARTS) is 1. The average Bonchev–Trinajstić information content (AvgIpc) is 2.60. The topological polar surface area (TPSA) is 104 Å². The minimum absolute atomic E-state index is 0.114. The Morgan fingerprint density at radius 1 is 1.28 bits per heavy atom. The number of nitrogens with zero attached hydrogens (tertiary/aromatic N) is 2. The number of amides is 1. The molecule has 1 atom stereocenters. The van der Waals surface area contributed by atoms with Gasteiger partial charge in [-0.3, -0.25) is 14.2 Å². The number of rotatable bonds is 9. The number of fused-ring (bicyclic) bond motifs is 1. The summed E-state index contributed by atoms with van der Waals surface area (Å²) >= 11 is 0. The van der Waals surface area contributed by atoms with Crippen LogP contribution in [0.4, 0.5) is 0 Å². The van der Waals surface area contributed by atoms with Crippen molar-refractivity contribution in [1.82, 2.24) is 14.9 Å². The van der Waals surface area contributed by atoms with Crippen LogP contribution in [0.1, 0.15) is 45.1 Å². The maximum atomic E-state index is 12.7. The van der Waals surface area contributed by atoms with Crippen LogP contribution in [0.5, 0.6) is 0 Å². The van der Waals surface area contributed by atoms with Crippen LogP contribution in [0.3, 0.4) is 0 Å². The van der Waals surface area contributed by atoms with Crippen molar-refractivity contribution in [3.05, 3.63) is 40.9 Å². The number of nitrogens with one attached hydrogen (secondary N) is 1. The summed E-state index contributed by atoms with van der Waals surface area (Å²) in [7, 11) is 0. The first-order chi connectivity index (χ1) is 12.0. The van der Waals surface area contributed by atoms with Crippen molar-refractivity contribution in [2.75, 3.05) is 6.54 Å². The Morgan fingerprint density at radius 3 is 2.76 bits per heavy atom. The molecule has 2 aromatic rings. The van der Waals surface area contributed by atoms with Gasteiger partial charge in [-0.2, -0.15) is 0 Å². The van der Waals surface area contributed by atoms with Crippen molar-refractivity contribution in [2.24, 2.45) is 0 Å². The predicted molar refractivity (Wildman–Crippen MR) is 91.8 cm³/mol. The Hall–Kier alpha value is -2.70. The van der Waals surface area contributed by atoms with E-state index in [1.165, 1.54) is 10.9 Å². The quantitative estimate of drug-likeness (QED) is 0.677. The molecule has 134 valence electrons. The third-order valence-electron chi connectivity index (χ3n) is 4.02. The zero-order valence-electron chi connectivity index (χ0n) is 14.2. The van der Waals surface area contributed by atoms with Gasteiger partial charge in [0.15, 0.2) is 0 Å². The molecule has 2 rings (SSSR count). The number of carbonyl (C=O) groups is 2. The van der Waals surface area contributed by atoms with Crippen LogP contribution in [0, 0.1) is 0 Å². The van der Waals surface area contributed by atoms with E-state index in [2.05, 4.69) is 10.3 Å². The summed E-state index contributed by atoms with van der Waals surface area (Å²) < 4.78 is 1.37. The van der Waals surface area contributed by atoms with Gasteiger partial charge in [0, 0.05) is 12.5 Å². The third-order valence-corrected chi connectivity index (χ3v) is 4.02. The molecule has 0 aliphatic heterocycles. The molecule has 25 heavy (non-hydrogen) atoms. The van der Waals surface area contributed by atoms with E-state index in [0.717, 1.165) is 12.8 Å². The van der Waals surface area contributed by atoms with E-state index in [4.69, 9.17) is 0 Å². The van der Waals surface area contributed by atoms with Crippen LogP contribution in [0.15, 0.2) is 35.4 Å². The molecule has 0 unspecified atom stereocenters. The average molecular weight is 344 g/mol. The number of hydrogen-bond acceptors (Lipinski definition) is 5. The van der Waals surface area contributed by atoms with Crippen LogP contribution in [-0.4, -0.2) is 28.0 Å². The maximum absolute atomic E-state index is 12.7. The van der Waals surface area contributed by atoms with Gasteiger partial charge in [-0.05, 0) is 31.4 Å². The predicted octanol–water partition coefficient (Wildman–Crippen LogP) is 0.774. The van der Waals surface area contributed by atoms with Crippen molar-refractivity contribution >= 4 is 22.8 Å². The van der Waals surface area contributed by atoms with Crippen molar-refractivity contribution < 1.29 is 14.7 Å². The molecule has 1 N–H and O–H groups in total. The van der Waals surface area contributed by atoms with Crippen LogP contribution in [0.2, 0.25) is 0 Å². The number of para-hydroxylation sites is 1. The fraction of sp³-hybridized carbons (Fsp3) is 0.444. The Bertz CT molecular complexity index is 800. The molecule has 7 nitrogen and oxygen atoms in total. The molecule has 0 spiro atoms. The van der Waals surface area contributed by atoms with Crippen LogP contribution >= 0.6 is 0 Å². The highest BCUT2D eigenvalue weighted by Gasteiger charge is 2.21. The Kier molecular flexibility index (Phi) is 6.68. The molecule has 0 aliphatic carbocycles. The normalized spacial score (nSPS) is 12.0. The summed E-state index contributed by atoms with van der Waals surface area (Å²) in [6, 6.07) is 6.35. The molecule has 0 bridgehead atoms. The van der Waals surface area contributed by atoms with Gasteiger partial charge in [-0.15, -0.1) is 0 Å². The fourth-order valence-corrected chi connectivity index (χ4v) is 2.66. The molecule has 1 heterocycles. The van der Waals surface area contributed by atoms with E-state index in [1.54, 1.807) is 24.3 Å². The zero-order valence-corrected chi connectivity index (χ0v) is 14.2. The zero-order chi connectivity index (χ0) is 18.2. The van der Waals surface area contributed by atoms with Gasteiger partial charge in [0.25, 0.3) is 5.56 Å². The van der Waals surface area contributed by atoms with E-state index in [1.807, 2.05) is 6.92 Å². The molecule has 0 saturated carbocycles. The van der Waals surface area contributed by atoms with Gasteiger partial charge in [0.2, 0.25) is 5.91 Å². The van der Waals surface area contributed by atoms with Crippen LogP contribution in [-0.2, 0) is 9.59 Å². The molecule has 1 aromatic heterocycles. The minimum Gasteiger partial charge on any atom is -0.550 e. The van der Waals surface area contributed by atoms with Gasteiger partial charge < -0.3 is 15.2 Å². The monoisotopic (exact) mass is 344 g/mol. The van der Waals surface area contributed by atoms with Crippen molar-refractivity contribution in [3.8, 4) is 0 Å². The standard InChI is InChI=1S/C18H23N3O4/c1-2-3-9-15(17(24)19-11-6-10-16(22)23)21-12-20-14-8-5-4-7-13(14)18(21)25/h4-5,7-8,12,15H,2-3,6,9-11H2,1H3,(H,19,24)(H,22,23)/p-1/t15-/m0/s1. The summed E-state index contributed by atoms with van der Waals surface area (Å²) in [6.45, 7) is 2.24. The number of carbonyl (C=O) groups excluding carboxylic acids is 2. The lowest BCUT2D eigenvalue weighted by Crippen LogP contribution is -2.38.